The summed E-state index contributed by atoms with van der Waals surface area (Å²) < 4.78 is 48.6. The van der Waals surface area contributed by atoms with Gasteiger partial charge in [0, 0.05) is 12.1 Å². The number of carbonyl (C=O) groups is 2. The monoisotopic (exact) mass is 436 g/mol. The number of nitrogens with zero attached hydrogens (tertiary/aromatic N) is 1. The Labute approximate surface area is 176 Å². The topological polar surface area (TPSA) is 72.8 Å². The second-order valence-electron chi connectivity index (χ2n) is 7.87. The van der Waals surface area contributed by atoms with Crippen LogP contribution in [0.4, 0.5) is 29.3 Å². The second-order valence-corrected chi connectivity index (χ2v) is 7.87. The number of hydrogen-bond acceptors (Lipinski definition) is 4. The Kier molecular flexibility index (Phi) is 4.96. The zero-order valence-electron chi connectivity index (χ0n) is 16.9. The highest BCUT2D eigenvalue weighted by atomic mass is 19.4. The number of aryl methyl sites for hydroxylation is 1. The SMILES string of the molecule is CC[N+]1(c2cc(C3CC3C(=O)O)ccc2OC(F)(F)F)C(=O)OCc2cc(C)ccc21. The number of ether oxygens (including phenoxy) is 2. The number of hydrogen-bond donors (Lipinski definition) is 1. The number of rotatable bonds is 5. The van der Waals surface area contributed by atoms with Crippen molar-refractivity contribution < 1.29 is 37.3 Å². The van der Waals surface area contributed by atoms with Crippen molar-refractivity contribution in [2.45, 2.75) is 39.2 Å². The molecule has 4 rings (SSSR count). The van der Waals surface area contributed by atoms with Crippen LogP contribution in [0.2, 0.25) is 0 Å². The molecule has 0 spiro atoms. The summed E-state index contributed by atoms with van der Waals surface area (Å²) in [6.45, 7) is 3.65. The van der Waals surface area contributed by atoms with Gasteiger partial charge in [0.1, 0.15) is 6.61 Å². The number of fused-ring (bicyclic) bond motifs is 1. The fourth-order valence-electron chi connectivity index (χ4n) is 4.36. The summed E-state index contributed by atoms with van der Waals surface area (Å²) >= 11 is 0. The summed E-state index contributed by atoms with van der Waals surface area (Å²) in [5.41, 5.74) is 2.66. The molecule has 1 aliphatic heterocycles. The van der Waals surface area contributed by atoms with Gasteiger partial charge in [0.15, 0.2) is 17.1 Å². The molecule has 1 N–H and O–H groups in total. The van der Waals surface area contributed by atoms with E-state index in [-0.39, 0.29) is 24.8 Å². The lowest BCUT2D eigenvalue weighted by Gasteiger charge is -2.37. The lowest BCUT2D eigenvalue weighted by atomic mass is 10.0. The van der Waals surface area contributed by atoms with Crippen LogP contribution in [0.5, 0.6) is 5.75 Å². The van der Waals surface area contributed by atoms with Crippen LogP contribution in [0.1, 0.15) is 36.0 Å². The molecular formula is C22H21F3NO5+. The van der Waals surface area contributed by atoms with Gasteiger partial charge in [-0.2, -0.15) is 9.28 Å². The van der Waals surface area contributed by atoms with Crippen molar-refractivity contribution in [1.82, 2.24) is 4.48 Å². The first-order chi connectivity index (χ1) is 14.6. The summed E-state index contributed by atoms with van der Waals surface area (Å²) in [6, 6.07) is 9.37. The molecule has 1 aliphatic carbocycles. The van der Waals surface area contributed by atoms with E-state index in [0.29, 0.717) is 23.2 Å². The Morgan fingerprint density at radius 1 is 1.23 bits per heavy atom. The van der Waals surface area contributed by atoms with Crippen molar-refractivity contribution in [2.75, 3.05) is 6.54 Å². The van der Waals surface area contributed by atoms with Gasteiger partial charge in [-0.1, -0.05) is 17.7 Å². The van der Waals surface area contributed by atoms with Gasteiger partial charge < -0.3 is 14.6 Å². The summed E-state index contributed by atoms with van der Waals surface area (Å²) in [5.74, 6) is -2.40. The first-order valence-corrected chi connectivity index (χ1v) is 9.85. The van der Waals surface area contributed by atoms with Crippen molar-refractivity contribution in [3.8, 4) is 5.75 Å². The molecule has 0 bridgehead atoms. The van der Waals surface area contributed by atoms with E-state index in [1.165, 1.54) is 12.1 Å². The van der Waals surface area contributed by atoms with E-state index in [1.807, 2.05) is 13.0 Å². The highest BCUT2D eigenvalue weighted by molar-refractivity contribution is 5.94. The molecular weight excluding hydrogens is 415 g/mol. The third kappa shape index (κ3) is 3.63. The van der Waals surface area contributed by atoms with Gasteiger partial charge in [0.25, 0.3) is 0 Å². The molecule has 1 fully saturated rings. The first-order valence-electron chi connectivity index (χ1n) is 9.85. The molecule has 31 heavy (non-hydrogen) atoms. The van der Waals surface area contributed by atoms with Crippen LogP contribution in [0.15, 0.2) is 36.4 Å². The lowest BCUT2D eigenvalue weighted by molar-refractivity contribution is -0.274. The Morgan fingerprint density at radius 2 is 1.97 bits per heavy atom. The number of carboxylic acids is 1. The molecule has 0 aromatic heterocycles. The molecule has 6 nitrogen and oxygen atoms in total. The molecule has 0 saturated heterocycles. The molecule has 1 saturated carbocycles. The Morgan fingerprint density at radius 3 is 2.58 bits per heavy atom. The number of carboxylic acid groups (broad SMARTS) is 1. The van der Waals surface area contributed by atoms with Gasteiger partial charge in [0.05, 0.1) is 18.0 Å². The number of halogens is 3. The zero-order chi connectivity index (χ0) is 22.6. The summed E-state index contributed by atoms with van der Waals surface area (Å²) in [5, 5.41) is 9.25. The van der Waals surface area contributed by atoms with E-state index in [0.717, 1.165) is 11.6 Å². The fourth-order valence-corrected chi connectivity index (χ4v) is 4.36. The summed E-state index contributed by atoms with van der Waals surface area (Å²) in [6.07, 6.45) is -5.29. The zero-order valence-corrected chi connectivity index (χ0v) is 16.9. The normalized spacial score (nSPS) is 24.9. The fraction of sp³-hybridized carbons (Fsp3) is 0.364. The predicted octanol–water partition coefficient (Wildman–Crippen LogP) is 5.39. The highest BCUT2D eigenvalue weighted by Crippen LogP contribution is 2.52. The molecule has 2 aromatic rings. The van der Waals surface area contributed by atoms with E-state index in [2.05, 4.69) is 4.74 Å². The maximum Gasteiger partial charge on any atom is 0.573 e. The highest BCUT2D eigenvalue weighted by Gasteiger charge is 2.51. The molecule has 2 aromatic carbocycles. The Balaban J connectivity index is 1.93. The number of carbonyl (C=O) groups excluding carboxylic acids is 1. The van der Waals surface area contributed by atoms with Crippen molar-refractivity contribution in [3.63, 3.8) is 0 Å². The van der Waals surface area contributed by atoms with Gasteiger partial charge in [-0.05, 0) is 43.9 Å². The molecule has 3 atom stereocenters. The van der Waals surface area contributed by atoms with Crippen LogP contribution >= 0.6 is 0 Å². The van der Waals surface area contributed by atoms with E-state index >= 15 is 0 Å². The quantitative estimate of drug-likeness (QED) is 0.636. The van der Waals surface area contributed by atoms with Crippen molar-refractivity contribution in [1.29, 1.82) is 0 Å². The average molecular weight is 436 g/mol. The number of quaternary nitrogens is 1. The second kappa shape index (κ2) is 7.26. The number of amides is 1. The van der Waals surface area contributed by atoms with E-state index in [1.54, 1.807) is 19.1 Å². The van der Waals surface area contributed by atoms with Crippen LogP contribution in [0, 0.1) is 12.8 Å². The minimum atomic E-state index is -4.97. The minimum absolute atomic E-state index is 0.0225. The third-order valence-electron chi connectivity index (χ3n) is 5.94. The summed E-state index contributed by atoms with van der Waals surface area (Å²) in [4.78, 5) is 24.4. The number of alkyl halides is 3. The number of benzene rings is 2. The minimum Gasteiger partial charge on any atom is -0.481 e. The molecule has 0 radical (unpaired) electrons. The van der Waals surface area contributed by atoms with Crippen molar-refractivity contribution in [2.24, 2.45) is 5.92 Å². The van der Waals surface area contributed by atoms with Crippen LogP contribution in [-0.4, -0.2) is 30.1 Å². The van der Waals surface area contributed by atoms with Gasteiger partial charge in [-0.15, -0.1) is 13.2 Å². The Bertz CT molecular complexity index is 1070. The van der Waals surface area contributed by atoms with Crippen LogP contribution < -0.4 is 9.22 Å². The maximum absolute atomic E-state index is 13.2. The largest absolute Gasteiger partial charge is 0.573 e. The molecule has 1 amide bonds. The van der Waals surface area contributed by atoms with Crippen molar-refractivity contribution in [3.05, 3.63) is 53.1 Å². The Hall–Kier alpha value is -3.07. The average Bonchev–Trinajstić information content (AvgIpc) is 3.49. The van der Waals surface area contributed by atoms with Gasteiger partial charge in [-0.25, -0.2) is 0 Å². The summed E-state index contributed by atoms with van der Waals surface area (Å²) in [7, 11) is 0. The van der Waals surface area contributed by atoms with E-state index < -0.39 is 34.6 Å². The smallest absolute Gasteiger partial charge is 0.481 e. The molecule has 9 heteroatoms. The first kappa shape index (κ1) is 21.2. The number of cyclic esters (lactones) is 1. The molecule has 164 valence electrons. The van der Waals surface area contributed by atoms with Crippen molar-refractivity contribution >= 4 is 23.4 Å². The van der Waals surface area contributed by atoms with Crippen LogP contribution in [0.25, 0.3) is 0 Å². The van der Waals surface area contributed by atoms with Gasteiger partial charge in [0.2, 0.25) is 0 Å². The maximum atomic E-state index is 13.2. The number of aliphatic carboxylic acids is 1. The van der Waals surface area contributed by atoms with E-state index in [4.69, 9.17) is 4.74 Å². The van der Waals surface area contributed by atoms with E-state index in [9.17, 15) is 27.9 Å². The standard InChI is InChI=1S/C22H20F3NO5/c1-3-26(17-6-4-12(2)8-14(17)11-30-21(26)29)18-9-13(15-10-16(15)20(27)28)5-7-19(18)31-22(23,24)25/h4-9,15-16H,3,10-11H2,1-2H3/p+1. The third-order valence-corrected chi connectivity index (χ3v) is 5.94. The van der Waals surface area contributed by atoms with Crippen LogP contribution in [0.3, 0.4) is 0 Å². The van der Waals surface area contributed by atoms with Gasteiger partial charge in [-0.3, -0.25) is 4.79 Å². The lowest BCUT2D eigenvalue weighted by Crippen LogP contribution is -2.52. The molecule has 2 aliphatic rings. The predicted molar refractivity (Wildman–Crippen MR) is 105 cm³/mol. The van der Waals surface area contributed by atoms with Gasteiger partial charge >= 0.3 is 18.4 Å². The van der Waals surface area contributed by atoms with Crippen LogP contribution in [-0.2, 0) is 16.1 Å². The molecule has 3 unspecified atom stereocenters. The molecule has 1 heterocycles.